The smallest absolute Gasteiger partial charge is 0.220 e. The summed E-state index contributed by atoms with van der Waals surface area (Å²) in [6.07, 6.45) is 5.70. The number of nitrogens with one attached hydrogen (secondary N) is 1. The lowest BCUT2D eigenvalue weighted by molar-refractivity contribution is -0.126. The van der Waals surface area contributed by atoms with E-state index in [9.17, 15) is 9.90 Å². The van der Waals surface area contributed by atoms with Crippen LogP contribution in [0.5, 0.6) is 0 Å². The van der Waals surface area contributed by atoms with E-state index < -0.39 is 5.54 Å². The van der Waals surface area contributed by atoms with Gasteiger partial charge in [0.15, 0.2) is 0 Å². The van der Waals surface area contributed by atoms with Crippen LogP contribution in [0.2, 0.25) is 0 Å². The van der Waals surface area contributed by atoms with E-state index in [0.29, 0.717) is 25.6 Å². The molecular weight excluding hydrogens is 206 g/mol. The van der Waals surface area contributed by atoms with Crippen molar-refractivity contribution in [3.05, 3.63) is 0 Å². The number of amides is 1. The zero-order valence-corrected chi connectivity index (χ0v) is 9.71. The van der Waals surface area contributed by atoms with Gasteiger partial charge in [-0.1, -0.05) is 6.42 Å². The maximum Gasteiger partial charge on any atom is 0.220 e. The van der Waals surface area contributed by atoms with E-state index in [0.717, 1.165) is 12.8 Å². The maximum absolute atomic E-state index is 11.8. The van der Waals surface area contributed by atoms with Crippen molar-refractivity contribution < 1.29 is 14.6 Å². The Morgan fingerprint density at radius 1 is 1.38 bits per heavy atom. The first-order chi connectivity index (χ1) is 7.74. The van der Waals surface area contributed by atoms with Crippen molar-refractivity contribution in [3.8, 4) is 0 Å². The van der Waals surface area contributed by atoms with Crippen molar-refractivity contribution in [1.82, 2.24) is 5.32 Å². The van der Waals surface area contributed by atoms with Crippen LogP contribution in [0.3, 0.4) is 0 Å². The van der Waals surface area contributed by atoms with Crippen LogP contribution in [0.1, 0.15) is 38.5 Å². The molecule has 2 N–H and O–H groups in total. The van der Waals surface area contributed by atoms with E-state index in [4.69, 9.17) is 4.74 Å². The largest absolute Gasteiger partial charge is 0.394 e. The Bertz CT molecular complexity index is 245. The fraction of sp³-hybridized carbons (Fsp3) is 0.917. The Hall–Kier alpha value is -0.610. The number of rotatable bonds is 4. The average molecular weight is 227 g/mol. The second kappa shape index (κ2) is 5.15. The zero-order chi connectivity index (χ0) is 11.4. The highest BCUT2D eigenvalue weighted by Crippen LogP contribution is 2.30. The van der Waals surface area contributed by atoms with E-state index in [2.05, 4.69) is 5.32 Å². The third-order valence-electron chi connectivity index (χ3n) is 3.86. The first kappa shape index (κ1) is 11.9. The highest BCUT2D eigenvalue weighted by molar-refractivity contribution is 5.77. The van der Waals surface area contributed by atoms with E-state index in [1.165, 1.54) is 19.3 Å². The highest BCUT2D eigenvalue weighted by atomic mass is 16.5. The number of aliphatic hydroxyl groups excluding tert-OH is 1. The van der Waals surface area contributed by atoms with Gasteiger partial charge in [-0.15, -0.1) is 0 Å². The van der Waals surface area contributed by atoms with Gasteiger partial charge in [-0.3, -0.25) is 4.79 Å². The highest BCUT2D eigenvalue weighted by Gasteiger charge is 2.34. The normalized spacial score (nSPS) is 24.8. The van der Waals surface area contributed by atoms with Gasteiger partial charge in [-0.25, -0.2) is 0 Å². The molecule has 0 aromatic carbocycles. The minimum absolute atomic E-state index is 0.0206. The van der Waals surface area contributed by atoms with Gasteiger partial charge in [-0.05, 0) is 31.6 Å². The van der Waals surface area contributed by atoms with E-state index in [1.807, 2.05) is 0 Å². The van der Waals surface area contributed by atoms with Crippen LogP contribution < -0.4 is 5.32 Å². The Labute approximate surface area is 96.4 Å². The summed E-state index contributed by atoms with van der Waals surface area (Å²) in [5, 5.41) is 12.4. The summed E-state index contributed by atoms with van der Waals surface area (Å²) in [6.45, 7) is 1.28. The van der Waals surface area contributed by atoms with Crippen molar-refractivity contribution in [2.75, 3.05) is 19.8 Å². The van der Waals surface area contributed by atoms with Crippen LogP contribution in [0.15, 0.2) is 0 Å². The van der Waals surface area contributed by atoms with Crippen LogP contribution in [0.4, 0.5) is 0 Å². The molecule has 1 amide bonds. The van der Waals surface area contributed by atoms with Crippen LogP contribution >= 0.6 is 0 Å². The minimum atomic E-state index is -0.418. The molecule has 4 nitrogen and oxygen atoms in total. The zero-order valence-electron chi connectivity index (χ0n) is 9.71. The molecule has 0 atom stereocenters. The van der Waals surface area contributed by atoms with Crippen molar-refractivity contribution in [2.45, 2.75) is 44.1 Å². The first-order valence-electron chi connectivity index (χ1n) is 6.24. The molecule has 2 aliphatic rings. The topological polar surface area (TPSA) is 58.6 Å². The molecule has 16 heavy (non-hydrogen) atoms. The Balaban J connectivity index is 1.82. The van der Waals surface area contributed by atoms with Crippen LogP contribution in [0.25, 0.3) is 0 Å². The number of hydrogen-bond donors (Lipinski definition) is 2. The van der Waals surface area contributed by atoms with Gasteiger partial charge in [0.1, 0.15) is 0 Å². The number of aliphatic hydroxyl groups is 1. The van der Waals surface area contributed by atoms with Gasteiger partial charge in [0.05, 0.1) is 12.1 Å². The third kappa shape index (κ3) is 2.74. The molecular formula is C12H21NO3. The summed E-state index contributed by atoms with van der Waals surface area (Å²) in [5.74, 6) is 0.677. The molecule has 1 saturated heterocycles. The van der Waals surface area contributed by atoms with Gasteiger partial charge >= 0.3 is 0 Å². The lowest BCUT2D eigenvalue weighted by Crippen LogP contribution is -2.54. The summed E-state index contributed by atoms with van der Waals surface area (Å²) in [5.41, 5.74) is -0.418. The SMILES string of the molecule is O=C(CC1CCC1)NC1(CO)CCOCC1. The minimum Gasteiger partial charge on any atom is -0.394 e. The van der Waals surface area contributed by atoms with Gasteiger partial charge in [0.2, 0.25) is 5.91 Å². The Morgan fingerprint density at radius 3 is 2.56 bits per heavy atom. The van der Waals surface area contributed by atoms with Crippen LogP contribution in [-0.2, 0) is 9.53 Å². The monoisotopic (exact) mass is 227 g/mol. The molecule has 0 bridgehead atoms. The van der Waals surface area contributed by atoms with Crippen molar-refractivity contribution in [1.29, 1.82) is 0 Å². The molecule has 1 saturated carbocycles. The molecule has 0 radical (unpaired) electrons. The Kier molecular flexibility index (Phi) is 3.82. The molecule has 4 heteroatoms. The average Bonchev–Trinajstić information content (AvgIpc) is 2.25. The van der Waals surface area contributed by atoms with E-state index in [1.54, 1.807) is 0 Å². The second-order valence-corrected chi connectivity index (χ2v) is 5.10. The molecule has 2 fully saturated rings. The predicted octanol–water partition coefficient (Wildman–Crippen LogP) is 0.834. The van der Waals surface area contributed by atoms with Crippen LogP contribution in [0, 0.1) is 5.92 Å². The molecule has 1 heterocycles. The molecule has 1 aliphatic carbocycles. The molecule has 0 aromatic rings. The standard InChI is InChI=1S/C12H21NO3/c14-9-12(4-6-16-7-5-12)13-11(15)8-10-2-1-3-10/h10,14H,1-9H2,(H,13,15). The lowest BCUT2D eigenvalue weighted by Gasteiger charge is -2.37. The van der Waals surface area contributed by atoms with Gasteiger partial charge in [0, 0.05) is 19.6 Å². The lowest BCUT2D eigenvalue weighted by atomic mass is 9.82. The third-order valence-corrected chi connectivity index (χ3v) is 3.86. The van der Waals surface area contributed by atoms with Crippen molar-refractivity contribution in [3.63, 3.8) is 0 Å². The van der Waals surface area contributed by atoms with Crippen molar-refractivity contribution in [2.24, 2.45) is 5.92 Å². The molecule has 92 valence electrons. The summed E-state index contributed by atoms with van der Waals surface area (Å²) >= 11 is 0. The number of hydrogen-bond acceptors (Lipinski definition) is 3. The molecule has 0 aromatic heterocycles. The van der Waals surface area contributed by atoms with E-state index >= 15 is 0 Å². The van der Waals surface area contributed by atoms with E-state index in [-0.39, 0.29) is 12.5 Å². The van der Waals surface area contributed by atoms with Gasteiger partial charge < -0.3 is 15.2 Å². The summed E-state index contributed by atoms with van der Waals surface area (Å²) in [6, 6.07) is 0. The van der Waals surface area contributed by atoms with Gasteiger partial charge in [-0.2, -0.15) is 0 Å². The number of ether oxygens (including phenoxy) is 1. The molecule has 0 unspecified atom stereocenters. The summed E-state index contributed by atoms with van der Waals surface area (Å²) < 4.78 is 5.26. The van der Waals surface area contributed by atoms with Crippen LogP contribution in [-0.4, -0.2) is 36.4 Å². The number of carbonyl (C=O) groups is 1. The predicted molar refractivity (Wildman–Crippen MR) is 60.0 cm³/mol. The molecule has 1 aliphatic heterocycles. The quantitative estimate of drug-likeness (QED) is 0.748. The fourth-order valence-electron chi connectivity index (χ4n) is 2.39. The number of carbonyl (C=O) groups excluding carboxylic acids is 1. The second-order valence-electron chi connectivity index (χ2n) is 5.10. The fourth-order valence-corrected chi connectivity index (χ4v) is 2.39. The van der Waals surface area contributed by atoms with Crippen molar-refractivity contribution >= 4 is 5.91 Å². The molecule has 2 rings (SSSR count). The summed E-state index contributed by atoms with van der Waals surface area (Å²) in [4.78, 5) is 11.8. The van der Waals surface area contributed by atoms with Gasteiger partial charge in [0.25, 0.3) is 0 Å². The molecule has 0 spiro atoms. The Morgan fingerprint density at radius 2 is 2.06 bits per heavy atom. The maximum atomic E-state index is 11.8. The summed E-state index contributed by atoms with van der Waals surface area (Å²) in [7, 11) is 0. The first-order valence-corrected chi connectivity index (χ1v) is 6.24.